The van der Waals surface area contributed by atoms with Gasteiger partial charge in [-0.15, -0.1) is 0 Å². The van der Waals surface area contributed by atoms with Crippen molar-refractivity contribution in [1.82, 2.24) is 14.7 Å². The van der Waals surface area contributed by atoms with E-state index < -0.39 is 11.9 Å². The van der Waals surface area contributed by atoms with Crippen molar-refractivity contribution >= 4 is 11.9 Å². The molecule has 1 atom stereocenters. The van der Waals surface area contributed by atoms with Gasteiger partial charge in [0.2, 0.25) is 0 Å². The predicted molar refractivity (Wildman–Crippen MR) is 82.2 cm³/mol. The van der Waals surface area contributed by atoms with Crippen LogP contribution in [0.2, 0.25) is 0 Å². The van der Waals surface area contributed by atoms with Crippen LogP contribution in [0.4, 0.5) is 0 Å². The highest BCUT2D eigenvalue weighted by Crippen LogP contribution is 2.29. The van der Waals surface area contributed by atoms with Gasteiger partial charge in [0.1, 0.15) is 5.69 Å². The average molecular weight is 321 g/mol. The molecule has 0 spiro atoms. The standard InChI is InChI=1S/C16H23N3O4/c1-11(16(21)22)10-18(12-2-3-12)15(20)14-4-7-19(17-14)13-5-8-23-9-6-13/h4,7,11-13H,2-3,5-6,8-10H2,1H3,(H,21,22). The zero-order valence-corrected chi connectivity index (χ0v) is 13.4. The van der Waals surface area contributed by atoms with Gasteiger partial charge < -0.3 is 14.7 Å². The minimum atomic E-state index is -0.879. The number of aliphatic carboxylic acids is 1. The Labute approximate surface area is 135 Å². The molecule has 2 aliphatic rings. The second kappa shape index (κ2) is 6.70. The van der Waals surface area contributed by atoms with E-state index in [4.69, 9.17) is 9.84 Å². The van der Waals surface area contributed by atoms with E-state index >= 15 is 0 Å². The van der Waals surface area contributed by atoms with Crippen molar-refractivity contribution in [2.24, 2.45) is 5.92 Å². The molecule has 23 heavy (non-hydrogen) atoms. The van der Waals surface area contributed by atoms with Crippen molar-refractivity contribution in [3.8, 4) is 0 Å². The third-order valence-electron chi connectivity index (χ3n) is 4.53. The number of ether oxygens (including phenoxy) is 1. The number of hydrogen-bond donors (Lipinski definition) is 1. The highest BCUT2D eigenvalue weighted by atomic mass is 16.5. The fourth-order valence-corrected chi connectivity index (χ4v) is 2.91. The Balaban J connectivity index is 1.70. The molecule has 1 saturated carbocycles. The summed E-state index contributed by atoms with van der Waals surface area (Å²) in [6, 6.07) is 2.17. The second-order valence-electron chi connectivity index (χ2n) is 6.45. The van der Waals surface area contributed by atoms with Crippen LogP contribution in [0.15, 0.2) is 12.3 Å². The zero-order valence-electron chi connectivity index (χ0n) is 13.4. The van der Waals surface area contributed by atoms with Gasteiger partial charge in [0, 0.05) is 32.0 Å². The molecule has 0 radical (unpaired) electrons. The molecule has 1 amide bonds. The van der Waals surface area contributed by atoms with E-state index in [2.05, 4.69) is 5.10 Å². The molecule has 1 N–H and O–H groups in total. The fourth-order valence-electron chi connectivity index (χ4n) is 2.91. The Kier molecular flexibility index (Phi) is 4.66. The third kappa shape index (κ3) is 3.72. The minimum Gasteiger partial charge on any atom is -0.481 e. The van der Waals surface area contributed by atoms with Gasteiger partial charge in [-0.05, 0) is 31.7 Å². The smallest absolute Gasteiger partial charge is 0.308 e. The predicted octanol–water partition coefficient (Wildman–Crippen LogP) is 1.56. The highest BCUT2D eigenvalue weighted by molar-refractivity contribution is 5.93. The zero-order chi connectivity index (χ0) is 16.4. The molecule has 3 rings (SSSR count). The maximum atomic E-state index is 12.7. The van der Waals surface area contributed by atoms with E-state index in [0.717, 1.165) is 38.9 Å². The molecule has 126 valence electrons. The number of carbonyl (C=O) groups excluding carboxylic acids is 1. The van der Waals surface area contributed by atoms with Crippen LogP contribution in [0.3, 0.4) is 0 Å². The Bertz CT molecular complexity index is 576. The molecule has 7 nitrogen and oxygen atoms in total. The number of amides is 1. The maximum Gasteiger partial charge on any atom is 0.308 e. The van der Waals surface area contributed by atoms with Gasteiger partial charge in [0.15, 0.2) is 0 Å². The number of hydrogen-bond acceptors (Lipinski definition) is 4. The lowest BCUT2D eigenvalue weighted by Crippen LogP contribution is -2.38. The van der Waals surface area contributed by atoms with Gasteiger partial charge in [-0.3, -0.25) is 14.3 Å². The topological polar surface area (TPSA) is 84.7 Å². The van der Waals surface area contributed by atoms with Crippen LogP contribution >= 0.6 is 0 Å². The van der Waals surface area contributed by atoms with Gasteiger partial charge in [0.25, 0.3) is 5.91 Å². The summed E-state index contributed by atoms with van der Waals surface area (Å²) >= 11 is 0. The number of carboxylic acid groups (broad SMARTS) is 1. The van der Waals surface area contributed by atoms with Crippen molar-refractivity contribution in [1.29, 1.82) is 0 Å². The molecule has 1 unspecified atom stereocenters. The molecule has 2 fully saturated rings. The number of carbonyl (C=O) groups is 2. The summed E-state index contributed by atoms with van der Waals surface area (Å²) in [5.74, 6) is -1.61. The van der Waals surface area contributed by atoms with E-state index in [9.17, 15) is 9.59 Å². The van der Waals surface area contributed by atoms with Crippen molar-refractivity contribution < 1.29 is 19.4 Å². The maximum absolute atomic E-state index is 12.7. The van der Waals surface area contributed by atoms with Gasteiger partial charge in [-0.1, -0.05) is 6.92 Å². The first-order chi connectivity index (χ1) is 11.1. The van der Waals surface area contributed by atoms with Crippen LogP contribution < -0.4 is 0 Å². The molecule has 1 aromatic heterocycles. The van der Waals surface area contributed by atoms with Crippen LogP contribution in [-0.4, -0.2) is 57.5 Å². The molecule has 2 heterocycles. The third-order valence-corrected chi connectivity index (χ3v) is 4.53. The molecule has 0 bridgehead atoms. The first kappa shape index (κ1) is 16.0. The van der Waals surface area contributed by atoms with Gasteiger partial charge in [0.05, 0.1) is 12.0 Å². The van der Waals surface area contributed by atoms with Gasteiger partial charge in [-0.2, -0.15) is 5.10 Å². The molecule has 1 aliphatic carbocycles. The highest BCUT2D eigenvalue weighted by Gasteiger charge is 2.35. The quantitative estimate of drug-likeness (QED) is 0.859. The van der Waals surface area contributed by atoms with Crippen molar-refractivity contribution in [2.45, 2.75) is 44.7 Å². The van der Waals surface area contributed by atoms with E-state index in [1.54, 1.807) is 17.9 Å². The van der Waals surface area contributed by atoms with Crippen LogP contribution in [0.5, 0.6) is 0 Å². The monoisotopic (exact) mass is 321 g/mol. The summed E-state index contributed by atoms with van der Waals surface area (Å²) < 4.78 is 7.20. The lowest BCUT2D eigenvalue weighted by atomic mass is 10.1. The first-order valence-corrected chi connectivity index (χ1v) is 8.23. The van der Waals surface area contributed by atoms with Crippen LogP contribution in [-0.2, 0) is 9.53 Å². The largest absolute Gasteiger partial charge is 0.481 e. The van der Waals surface area contributed by atoms with Crippen molar-refractivity contribution in [3.63, 3.8) is 0 Å². The molecule has 1 aliphatic heterocycles. The second-order valence-corrected chi connectivity index (χ2v) is 6.45. The van der Waals surface area contributed by atoms with E-state index in [0.29, 0.717) is 5.69 Å². The Hall–Kier alpha value is -1.89. The van der Waals surface area contributed by atoms with Crippen LogP contribution in [0.25, 0.3) is 0 Å². The first-order valence-electron chi connectivity index (χ1n) is 8.23. The summed E-state index contributed by atoms with van der Waals surface area (Å²) in [7, 11) is 0. The normalized spacial score (nSPS) is 20.2. The number of carboxylic acids is 1. The summed E-state index contributed by atoms with van der Waals surface area (Å²) in [6.45, 7) is 3.31. The van der Waals surface area contributed by atoms with Crippen LogP contribution in [0.1, 0.15) is 49.1 Å². The lowest BCUT2D eigenvalue weighted by Gasteiger charge is -2.24. The molecule has 0 aromatic carbocycles. The van der Waals surface area contributed by atoms with Crippen molar-refractivity contribution in [2.75, 3.05) is 19.8 Å². The number of aromatic nitrogens is 2. The summed E-state index contributed by atoms with van der Waals surface area (Å²) in [5, 5.41) is 13.5. The molecule has 1 saturated heterocycles. The SMILES string of the molecule is CC(CN(C(=O)c1ccn(C2CCOCC2)n1)C1CC1)C(=O)O. The van der Waals surface area contributed by atoms with E-state index in [1.165, 1.54) is 0 Å². The summed E-state index contributed by atoms with van der Waals surface area (Å²) in [4.78, 5) is 25.5. The minimum absolute atomic E-state index is 0.161. The van der Waals surface area contributed by atoms with Crippen LogP contribution in [0, 0.1) is 5.92 Å². The van der Waals surface area contributed by atoms with Gasteiger partial charge >= 0.3 is 5.97 Å². The lowest BCUT2D eigenvalue weighted by molar-refractivity contribution is -0.141. The Morgan fingerprint density at radius 3 is 2.70 bits per heavy atom. The Morgan fingerprint density at radius 1 is 1.39 bits per heavy atom. The molecule has 7 heteroatoms. The van der Waals surface area contributed by atoms with Crippen molar-refractivity contribution in [3.05, 3.63) is 18.0 Å². The number of nitrogens with zero attached hydrogens (tertiary/aromatic N) is 3. The molecular weight excluding hydrogens is 298 g/mol. The summed E-state index contributed by atoms with van der Waals surface area (Å²) in [5.41, 5.74) is 0.404. The molecule has 1 aromatic rings. The summed E-state index contributed by atoms with van der Waals surface area (Å²) in [6.07, 6.45) is 5.53. The average Bonchev–Trinajstić information content (AvgIpc) is 3.28. The number of rotatable bonds is 6. The van der Waals surface area contributed by atoms with Gasteiger partial charge in [-0.25, -0.2) is 0 Å². The molecular formula is C16H23N3O4. The van der Waals surface area contributed by atoms with E-state index in [1.807, 2.05) is 10.9 Å². The fraction of sp³-hybridized carbons (Fsp3) is 0.688. The Morgan fingerprint density at radius 2 is 2.09 bits per heavy atom. The van der Waals surface area contributed by atoms with E-state index in [-0.39, 0.29) is 24.5 Å².